The topological polar surface area (TPSA) is 87.1 Å². The highest BCUT2D eigenvalue weighted by Gasteiger charge is 2.42. The maximum atomic E-state index is 12.4. The fourth-order valence-electron chi connectivity index (χ4n) is 3.96. The van der Waals surface area contributed by atoms with E-state index in [0.29, 0.717) is 0 Å². The Labute approximate surface area is 150 Å². The predicted molar refractivity (Wildman–Crippen MR) is 93.8 cm³/mol. The number of hydrogen-bond donors (Lipinski definition) is 2. The number of carbonyl (C=O) groups is 2. The first kappa shape index (κ1) is 16.6. The van der Waals surface area contributed by atoms with Crippen molar-refractivity contribution in [3.8, 4) is 11.1 Å². The fraction of sp³-hybridized carbons (Fsp3) is 0.300. The zero-order chi connectivity index (χ0) is 18.3. The number of fused-ring (bicyclic) bond motifs is 3. The largest absolute Gasteiger partial charge is 0.480 e. The number of hydrogen-bond acceptors (Lipinski definition) is 4. The highest BCUT2D eigenvalue weighted by Crippen LogP contribution is 2.44. The number of amides is 1. The van der Waals surface area contributed by atoms with E-state index in [1.54, 1.807) is 0 Å². The van der Waals surface area contributed by atoms with Gasteiger partial charge in [-0.2, -0.15) is 0 Å². The van der Waals surface area contributed by atoms with Gasteiger partial charge >= 0.3 is 12.1 Å². The second-order valence-corrected chi connectivity index (χ2v) is 6.64. The van der Waals surface area contributed by atoms with E-state index in [-0.39, 0.29) is 25.5 Å². The molecule has 1 saturated heterocycles. The summed E-state index contributed by atoms with van der Waals surface area (Å²) in [5, 5.41) is 19.0. The summed E-state index contributed by atoms with van der Waals surface area (Å²) >= 11 is 0. The molecule has 2 atom stereocenters. The monoisotopic (exact) mass is 353 g/mol. The van der Waals surface area contributed by atoms with Gasteiger partial charge in [0, 0.05) is 12.5 Å². The van der Waals surface area contributed by atoms with Gasteiger partial charge in [0.1, 0.15) is 6.61 Å². The van der Waals surface area contributed by atoms with Crippen LogP contribution in [0.4, 0.5) is 4.79 Å². The lowest BCUT2D eigenvalue weighted by Crippen LogP contribution is -2.45. The van der Waals surface area contributed by atoms with Crippen LogP contribution < -0.4 is 0 Å². The molecule has 4 rings (SSSR count). The molecule has 0 saturated carbocycles. The number of aliphatic carboxylic acids is 1. The number of rotatable bonds is 3. The molecule has 6 heteroatoms. The normalized spacial score (nSPS) is 21.3. The van der Waals surface area contributed by atoms with E-state index in [2.05, 4.69) is 0 Å². The first-order chi connectivity index (χ1) is 12.6. The van der Waals surface area contributed by atoms with Crippen molar-refractivity contribution < 1.29 is 24.5 Å². The summed E-state index contributed by atoms with van der Waals surface area (Å²) in [6.07, 6.45) is -1.52. The zero-order valence-corrected chi connectivity index (χ0v) is 14.0. The van der Waals surface area contributed by atoms with Crippen molar-refractivity contribution in [1.29, 1.82) is 0 Å². The third-order valence-corrected chi connectivity index (χ3v) is 5.19. The van der Waals surface area contributed by atoms with Crippen LogP contribution in [-0.2, 0) is 9.53 Å². The molecule has 2 aromatic carbocycles. The third kappa shape index (κ3) is 2.63. The van der Waals surface area contributed by atoms with Gasteiger partial charge in [-0.3, -0.25) is 4.90 Å². The molecule has 26 heavy (non-hydrogen) atoms. The molecular formula is C20H19NO5. The van der Waals surface area contributed by atoms with Crippen molar-refractivity contribution in [2.24, 2.45) is 0 Å². The van der Waals surface area contributed by atoms with E-state index in [0.717, 1.165) is 27.2 Å². The summed E-state index contributed by atoms with van der Waals surface area (Å²) in [4.78, 5) is 24.8. The van der Waals surface area contributed by atoms with Crippen molar-refractivity contribution in [2.75, 3.05) is 13.2 Å². The highest BCUT2D eigenvalue weighted by atomic mass is 16.6. The van der Waals surface area contributed by atoms with Crippen LogP contribution in [-0.4, -0.2) is 52.5 Å². The van der Waals surface area contributed by atoms with Gasteiger partial charge in [-0.25, -0.2) is 9.59 Å². The Morgan fingerprint density at radius 2 is 1.62 bits per heavy atom. The molecule has 2 aliphatic rings. The van der Waals surface area contributed by atoms with Crippen molar-refractivity contribution in [1.82, 2.24) is 4.90 Å². The van der Waals surface area contributed by atoms with E-state index in [9.17, 15) is 19.8 Å². The van der Waals surface area contributed by atoms with Crippen LogP contribution >= 0.6 is 0 Å². The maximum Gasteiger partial charge on any atom is 0.410 e. The molecule has 0 radical (unpaired) electrons. The van der Waals surface area contributed by atoms with Crippen LogP contribution in [0.3, 0.4) is 0 Å². The van der Waals surface area contributed by atoms with Crippen LogP contribution in [0.15, 0.2) is 48.5 Å². The molecule has 1 heterocycles. The van der Waals surface area contributed by atoms with Gasteiger partial charge in [0.15, 0.2) is 6.04 Å². The Bertz CT molecular complexity index is 819. The number of aliphatic hydroxyl groups is 1. The third-order valence-electron chi connectivity index (χ3n) is 5.19. The van der Waals surface area contributed by atoms with Crippen molar-refractivity contribution >= 4 is 12.1 Å². The van der Waals surface area contributed by atoms with E-state index < -0.39 is 24.2 Å². The maximum absolute atomic E-state index is 12.4. The SMILES string of the molecule is O=C(O)[C@H]1[C@@H](O)CCN1C(=O)OCC1c2ccccc2-c2ccccc21. The molecule has 0 spiro atoms. The van der Waals surface area contributed by atoms with E-state index in [1.165, 1.54) is 0 Å². The molecule has 1 aliphatic heterocycles. The minimum Gasteiger partial charge on any atom is -0.480 e. The van der Waals surface area contributed by atoms with Crippen molar-refractivity contribution in [3.05, 3.63) is 59.7 Å². The number of likely N-dealkylation sites (tertiary alicyclic amines) is 1. The van der Waals surface area contributed by atoms with Crippen LogP contribution in [0.5, 0.6) is 0 Å². The fourth-order valence-corrected chi connectivity index (χ4v) is 3.96. The van der Waals surface area contributed by atoms with E-state index >= 15 is 0 Å². The molecule has 1 amide bonds. The minimum absolute atomic E-state index is 0.0813. The highest BCUT2D eigenvalue weighted by molar-refractivity contribution is 5.82. The lowest BCUT2D eigenvalue weighted by molar-refractivity contribution is -0.144. The van der Waals surface area contributed by atoms with Crippen molar-refractivity contribution in [2.45, 2.75) is 24.5 Å². The summed E-state index contributed by atoms with van der Waals surface area (Å²) in [5.41, 5.74) is 4.45. The Balaban J connectivity index is 1.53. The number of carbonyl (C=O) groups excluding carboxylic acids is 1. The van der Waals surface area contributed by atoms with Crippen molar-refractivity contribution in [3.63, 3.8) is 0 Å². The Kier molecular flexibility index (Phi) is 4.12. The molecule has 0 unspecified atom stereocenters. The number of nitrogens with zero attached hydrogens (tertiary/aromatic N) is 1. The summed E-state index contributed by atoms with van der Waals surface area (Å²) in [5.74, 6) is -1.30. The molecule has 0 bridgehead atoms. The molecule has 1 fully saturated rings. The lowest BCUT2D eigenvalue weighted by Gasteiger charge is -2.23. The number of benzene rings is 2. The van der Waals surface area contributed by atoms with Gasteiger partial charge in [0.2, 0.25) is 0 Å². The van der Waals surface area contributed by atoms with Gasteiger partial charge in [-0.15, -0.1) is 0 Å². The summed E-state index contributed by atoms with van der Waals surface area (Å²) in [7, 11) is 0. The van der Waals surface area contributed by atoms with Crippen LogP contribution in [0.2, 0.25) is 0 Å². The molecule has 2 aromatic rings. The molecule has 0 aromatic heterocycles. The molecule has 1 aliphatic carbocycles. The number of ether oxygens (including phenoxy) is 1. The van der Waals surface area contributed by atoms with Crippen LogP contribution in [0, 0.1) is 0 Å². The summed E-state index contributed by atoms with van der Waals surface area (Å²) in [6, 6.07) is 14.8. The van der Waals surface area contributed by atoms with Gasteiger partial charge in [-0.05, 0) is 28.7 Å². The standard InChI is InChI=1S/C20H19NO5/c22-17-9-10-21(18(17)19(23)24)20(25)26-11-16-14-7-3-1-5-12(14)13-6-2-4-8-15(13)16/h1-8,16-18,22H,9-11H2,(H,23,24)/t17-,18+/m0/s1. The predicted octanol–water partition coefficient (Wildman–Crippen LogP) is 2.46. The summed E-state index contributed by atoms with van der Waals surface area (Å²) in [6.45, 7) is 0.306. The van der Waals surface area contributed by atoms with E-state index in [4.69, 9.17) is 4.74 Å². The number of aliphatic hydroxyl groups excluding tert-OH is 1. The molecule has 134 valence electrons. The average Bonchev–Trinajstić information content (AvgIpc) is 3.18. The zero-order valence-electron chi connectivity index (χ0n) is 14.0. The van der Waals surface area contributed by atoms with Crippen LogP contribution in [0.25, 0.3) is 11.1 Å². The second-order valence-electron chi connectivity index (χ2n) is 6.64. The smallest absolute Gasteiger partial charge is 0.410 e. The van der Waals surface area contributed by atoms with Gasteiger partial charge in [-0.1, -0.05) is 48.5 Å². The second kappa shape index (κ2) is 6.46. The van der Waals surface area contributed by atoms with Crippen LogP contribution in [0.1, 0.15) is 23.5 Å². The number of carboxylic acid groups (broad SMARTS) is 1. The minimum atomic E-state index is -1.24. The quantitative estimate of drug-likeness (QED) is 0.885. The van der Waals surface area contributed by atoms with Gasteiger partial charge < -0.3 is 14.9 Å². The summed E-state index contributed by atoms with van der Waals surface area (Å²) < 4.78 is 5.46. The molecular weight excluding hydrogens is 334 g/mol. The first-order valence-corrected chi connectivity index (χ1v) is 8.60. The number of carboxylic acids is 1. The van der Waals surface area contributed by atoms with E-state index in [1.807, 2.05) is 48.5 Å². The van der Waals surface area contributed by atoms with Gasteiger partial charge in [0.05, 0.1) is 6.10 Å². The molecule has 2 N–H and O–H groups in total. The van der Waals surface area contributed by atoms with Gasteiger partial charge in [0.25, 0.3) is 0 Å². The average molecular weight is 353 g/mol. The lowest BCUT2D eigenvalue weighted by atomic mass is 9.98. The Hall–Kier alpha value is -2.86. The Morgan fingerprint density at radius 3 is 2.19 bits per heavy atom. The Morgan fingerprint density at radius 1 is 1.04 bits per heavy atom. The molecule has 6 nitrogen and oxygen atoms in total. The first-order valence-electron chi connectivity index (χ1n) is 8.60.